The number of rotatable bonds is 3. The van der Waals surface area contributed by atoms with Crippen molar-refractivity contribution in [2.45, 2.75) is 30.7 Å². The van der Waals surface area contributed by atoms with Crippen molar-refractivity contribution in [1.82, 2.24) is 20.1 Å². The van der Waals surface area contributed by atoms with E-state index in [1.807, 2.05) is 23.3 Å². The molecule has 6 nitrogen and oxygen atoms in total. The Kier molecular flexibility index (Phi) is 5.06. The van der Waals surface area contributed by atoms with Crippen LogP contribution >= 0.6 is 11.8 Å². The van der Waals surface area contributed by atoms with Crippen LogP contribution in [0.1, 0.15) is 34.5 Å². The summed E-state index contributed by atoms with van der Waals surface area (Å²) in [6, 6.07) is 5.89. The molecule has 4 rings (SSSR count). The Morgan fingerprint density at radius 2 is 1.92 bits per heavy atom. The van der Waals surface area contributed by atoms with Crippen LogP contribution in [0, 0.1) is 0 Å². The zero-order valence-corrected chi connectivity index (χ0v) is 15.8. The summed E-state index contributed by atoms with van der Waals surface area (Å²) in [6.07, 6.45) is 8.29. The predicted octanol–water partition coefficient (Wildman–Crippen LogP) is 2.43. The van der Waals surface area contributed by atoms with Crippen molar-refractivity contribution in [2.75, 3.05) is 37.3 Å². The second kappa shape index (κ2) is 7.61. The van der Waals surface area contributed by atoms with Crippen LogP contribution in [0.4, 0.5) is 5.82 Å². The third-order valence-corrected chi connectivity index (χ3v) is 5.85. The summed E-state index contributed by atoms with van der Waals surface area (Å²) in [4.78, 5) is 21.3. The molecule has 136 valence electrons. The Balaban J connectivity index is 1.43. The van der Waals surface area contributed by atoms with Crippen LogP contribution in [-0.2, 0) is 12.8 Å². The molecule has 0 unspecified atom stereocenters. The van der Waals surface area contributed by atoms with Crippen molar-refractivity contribution in [3.63, 3.8) is 0 Å². The third-order valence-electron chi connectivity index (χ3n) is 5.14. The lowest BCUT2D eigenvalue weighted by atomic mass is 9.97. The van der Waals surface area contributed by atoms with Crippen molar-refractivity contribution in [3.8, 4) is 0 Å². The number of nitrogens with zero attached hydrogens (tertiary/aromatic N) is 5. The van der Waals surface area contributed by atoms with Crippen LogP contribution in [0.15, 0.2) is 29.4 Å². The first kappa shape index (κ1) is 17.3. The lowest BCUT2D eigenvalue weighted by Gasteiger charge is -2.35. The average Bonchev–Trinajstić information content (AvgIpc) is 2.73. The molecule has 1 amide bonds. The van der Waals surface area contributed by atoms with Gasteiger partial charge in [-0.2, -0.15) is 5.10 Å². The van der Waals surface area contributed by atoms with Gasteiger partial charge < -0.3 is 9.80 Å². The Hall–Kier alpha value is -2.15. The van der Waals surface area contributed by atoms with Crippen molar-refractivity contribution in [1.29, 1.82) is 0 Å². The van der Waals surface area contributed by atoms with Gasteiger partial charge in [0.25, 0.3) is 5.91 Å². The van der Waals surface area contributed by atoms with Crippen LogP contribution in [0.3, 0.4) is 0 Å². The first-order chi connectivity index (χ1) is 12.8. The Morgan fingerprint density at radius 1 is 1.12 bits per heavy atom. The maximum Gasteiger partial charge on any atom is 0.256 e. The molecule has 0 radical (unpaired) electrons. The molecule has 0 N–H and O–H groups in total. The normalized spacial score (nSPS) is 17.1. The van der Waals surface area contributed by atoms with Crippen LogP contribution in [0.2, 0.25) is 0 Å². The number of piperazine rings is 1. The number of aromatic nitrogens is 3. The third kappa shape index (κ3) is 3.40. The van der Waals surface area contributed by atoms with Crippen LogP contribution in [0.25, 0.3) is 0 Å². The topological polar surface area (TPSA) is 62.2 Å². The molecular formula is C19H23N5OS. The van der Waals surface area contributed by atoms with Gasteiger partial charge in [0.15, 0.2) is 5.82 Å². The molecule has 0 saturated carbocycles. The molecule has 1 saturated heterocycles. The van der Waals surface area contributed by atoms with Gasteiger partial charge in [-0.15, -0.1) is 16.9 Å². The summed E-state index contributed by atoms with van der Waals surface area (Å²) >= 11 is 1.51. The summed E-state index contributed by atoms with van der Waals surface area (Å²) in [5, 5.41) is 9.66. The van der Waals surface area contributed by atoms with E-state index in [0.29, 0.717) is 18.7 Å². The predicted molar refractivity (Wildman–Crippen MR) is 103 cm³/mol. The minimum Gasteiger partial charge on any atom is -0.352 e. The standard InChI is InChI=1S/C19H23N5OS/c1-26-18-15(6-4-8-20-18)19(25)24-11-9-23(10-12-24)17-13-14-5-2-3-7-16(14)21-22-17/h4,6,8,13H,2-3,5,7,9-12H2,1H3. The summed E-state index contributed by atoms with van der Waals surface area (Å²) < 4.78 is 0. The molecule has 7 heteroatoms. The largest absolute Gasteiger partial charge is 0.352 e. The van der Waals surface area contributed by atoms with Crippen molar-refractivity contribution < 1.29 is 4.79 Å². The van der Waals surface area contributed by atoms with Crippen LogP contribution < -0.4 is 4.90 Å². The molecule has 2 aromatic rings. The quantitative estimate of drug-likeness (QED) is 0.775. The maximum absolute atomic E-state index is 12.8. The highest BCUT2D eigenvalue weighted by Crippen LogP contribution is 2.24. The molecule has 0 aromatic carbocycles. The lowest BCUT2D eigenvalue weighted by Crippen LogP contribution is -2.49. The van der Waals surface area contributed by atoms with E-state index in [-0.39, 0.29) is 5.91 Å². The fourth-order valence-electron chi connectivity index (χ4n) is 3.66. The Labute approximate surface area is 158 Å². The van der Waals surface area contributed by atoms with Gasteiger partial charge in [0.2, 0.25) is 0 Å². The van der Waals surface area contributed by atoms with Gasteiger partial charge in [-0.1, -0.05) is 0 Å². The molecule has 0 bridgehead atoms. The number of hydrogen-bond donors (Lipinski definition) is 0. The smallest absolute Gasteiger partial charge is 0.256 e. The molecule has 3 heterocycles. The summed E-state index contributed by atoms with van der Waals surface area (Å²) in [5.41, 5.74) is 3.21. The van der Waals surface area contributed by atoms with Gasteiger partial charge in [-0.25, -0.2) is 4.98 Å². The summed E-state index contributed by atoms with van der Waals surface area (Å²) in [6.45, 7) is 2.96. The van der Waals surface area contributed by atoms with E-state index in [0.717, 1.165) is 42.5 Å². The highest BCUT2D eigenvalue weighted by atomic mass is 32.2. The maximum atomic E-state index is 12.8. The highest BCUT2D eigenvalue weighted by molar-refractivity contribution is 7.98. The van der Waals surface area contributed by atoms with E-state index in [1.165, 1.54) is 30.2 Å². The Bertz CT molecular complexity index is 804. The zero-order chi connectivity index (χ0) is 17.9. The highest BCUT2D eigenvalue weighted by Gasteiger charge is 2.25. The number of anilines is 1. The number of thioether (sulfide) groups is 1. The number of hydrogen-bond acceptors (Lipinski definition) is 6. The number of carbonyl (C=O) groups excluding carboxylic acids is 1. The van der Waals surface area contributed by atoms with Crippen LogP contribution in [-0.4, -0.2) is 58.4 Å². The minimum absolute atomic E-state index is 0.0682. The second-order valence-electron chi connectivity index (χ2n) is 6.72. The first-order valence-corrected chi connectivity index (χ1v) is 10.4. The molecular weight excluding hydrogens is 346 g/mol. The molecule has 1 aliphatic carbocycles. The SMILES string of the molecule is CSc1ncccc1C(=O)N1CCN(c2cc3c(nn2)CCCC3)CC1. The molecule has 0 atom stereocenters. The second-order valence-corrected chi connectivity index (χ2v) is 7.52. The number of fused-ring (bicyclic) bond motifs is 1. The monoisotopic (exact) mass is 369 g/mol. The van der Waals surface area contributed by atoms with Gasteiger partial charge in [0, 0.05) is 32.4 Å². The van der Waals surface area contributed by atoms with Crippen molar-refractivity contribution in [2.24, 2.45) is 0 Å². The fourth-order valence-corrected chi connectivity index (χ4v) is 4.20. The lowest BCUT2D eigenvalue weighted by molar-refractivity contribution is 0.0742. The van der Waals surface area contributed by atoms with Crippen molar-refractivity contribution >= 4 is 23.5 Å². The number of aryl methyl sites for hydroxylation is 2. The fraction of sp³-hybridized carbons (Fsp3) is 0.474. The van der Waals surface area contributed by atoms with E-state index in [1.54, 1.807) is 6.20 Å². The van der Waals surface area contributed by atoms with Gasteiger partial charge in [0.1, 0.15) is 5.03 Å². The number of amides is 1. The molecule has 2 aliphatic rings. The van der Waals surface area contributed by atoms with E-state index in [4.69, 9.17) is 0 Å². The van der Waals surface area contributed by atoms with E-state index >= 15 is 0 Å². The molecule has 2 aromatic heterocycles. The minimum atomic E-state index is 0.0682. The zero-order valence-electron chi connectivity index (χ0n) is 15.0. The van der Waals surface area contributed by atoms with E-state index in [9.17, 15) is 4.79 Å². The van der Waals surface area contributed by atoms with Gasteiger partial charge in [0.05, 0.1) is 11.3 Å². The van der Waals surface area contributed by atoms with E-state index in [2.05, 4.69) is 26.1 Å². The average molecular weight is 369 g/mol. The van der Waals surface area contributed by atoms with Gasteiger partial charge in [-0.05, 0) is 55.7 Å². The summed E-state index contributed by atoms with van der Waals surface area (Å²) in [5.74, 6) is 1.02. The van der Waals surface area contributed by atoms with Crippen molar-refractivity contribution in [3.05, 3.63) is 41.2 Å². The van der Waals surface area contributed by atoms with Crippen LogP contribution in [0.5, 0.6) is 0 Å². The molecule has 1 fully saturated rings. The Morgan fingerprint density at radius 3 is 2.73 bits per heavy atom. The first-order valence-electron chi connectivity index (χ1n) is 9.15. The number of carbonyl (C=O) groups is 1. The van der Waals surface area contributed by atoms with Gasteiger partial charge in [-0.3, -0.25) is 4.79 Å². The van der Waals surface area contributed by atoms with E-state index < -0.39 is 0 Å². The molecule has 1 aliphatic heterocycles. The molecule has 26 heavy (non-hydrogen) atoms. The summed E-state index contributed by atoms with van der Waals surface area (Å²) in [7, 11) is 0. The number of pyridine rings is 1. The van der Waals surface area contributed by atoms with Gasteiger partial charge >= 0.3 is 0 Å². The molecule has 0 spiro atoms.